The fourth-order valence-corrected chi connectivity index (χ4v) is 7.28. The average Bonchev–Trinajstić information content (AvgIpc) is 3.98. The van der Waals surface area contributed by atoms with E-state index in [-0.39, 0.29) is 0 Å². The summed E-state index contributed by atoms with van der Waals surface area (Å²) < 4.78 is 61.9. The summed E-state index contributed by atoms with van der Waals surface area (Å²) in [5, 5.41) is 154. The zero-order valence-electron chi connectivity index (χ0n) is 29.9. The Morgan fingerprint density at radius 2 is 0.807 bits per heavy atom. The van der Waals surface area contributed by atoms with E-state index in [1.54, 1.807) is 0 Å². The van der Waals surface area contributed by atoms with Crippen LogP contribution in [-0.2, 0) is 52.1 Å². The normalized spacial score (nSPS) is 52.1. The molecule has 26 nitrogen and oxygen atoms in total. The minimum absolute atomic E-state index is 0.605. The van der Waals surface area contributed by atoms with Crippen LogP contribution in [0, 0.1) is 0 Å². The molecule has 26 heteroatoms. The maximum Gasteiger partial charge on any atom is 0.187 e. The molecule has 57 heavy (non-hydrogen) atoms. The smallest absolute Gasteiger partial charge is 0.187 e. The Balaban J connectivity index is 1.22. The van der Waals surface area contributed by atoms with Crippen LogP contribution in [0.15, 0.2) is 0 Å². The van der Waals surface area contributed by atoms with Gasteiger partial charge in [0.2, 0.25) is 0 Å². The lowest BCUT2D eigenvalue weighted by Crippen LogP contribution is -2.49. The molecule has 0 spiro atoms. The highest BCUT2D eigenvalue weighted by Gasteiger charge is 2.57. The van der Waals surface area contributed by atoms with E-state index in [2.05, 4.69) is 0 Å². The Hall–Kier alpha value is -1.04. The van der Waals surface area contributed by atoms with E-state index in [0.29, 0.717) is 0 Å². The largest absolute Gasteiger partial charge is 0.394 e. The molecule has 6 rings (SSSR count). The van der Waals surface area contributed by atoms with E-state index in [9.17, 15) is 76.6 Å². The second-order valence-electron chi connectivity index (χ2n) is 14.4. The van der Waals surface area contributed by atoms with Gasteiger partial charge in [-0.1, -0.05) is 0 Å². The predicted octanol–water partition coefficient (Wildman–Crippen LogP) is -10.9. The molecule has 0 radical (unpaired) electrons. The topological polar surface area (TPSA) is 405 Å². The third kappa shape index (κ3) is 9.27. The number of ether oxygens (including phenoxy) is 11. The first kappa shape index (κ1) is 45.5. The van der Waals surface area contributed by atoms with Crippen LogP contribution < -0.4 is 0 Å². The van der Waals surface area contributed by atoms with Gasteiger partial charge >= 0.3 is 0 Å². The second kappa shape index (κ2) is 19.3. The maximum atomic E-state index is 11.4. The van der Waals surface area contributed by atoms with Crippen LogP contribution in [0.5, 0.6) is 0 Å². The van der Waals surface area contributed by atoms with Crippen LogP contribution in [0.1, 0.15) is 0 Å². The number of hydrogen-bond donors (Lipinski definition) is 15. The summed E-state index contributed by atoms with van der Waals surface area (Å²) in [7, 11) is 0. The first-order valence-electron chi connectivity index (χ1n) is 18.2. The summed E-state index contributed by atoms with van der Waals surface area (Å²) >= 11 is 0. The summed E-state index contributed by atoms with van der Waals surface area (Å²) in [4.78, 5) is 0. The number of hydrogen-bond acceptors (Lipinski definition) is 26. The van der Waals surface area contributed by atoms with Gasteiger partial charge in [0.15, 0.2) is 37.7 Å². The predicted molar refractivity (Wildman–Crippen MR) is 169 cm³/mol. The SMILES string of the molecule is OC[C@@H](O)[C@@H]1O[C@@H](O[C@H]2[C@@H](O[C@@H]3[C@@H](O[C@@H]4O[C@@H](CO)[C@H](O)[C@H]4O)[C@H](CO[C@@H]4O[C@@H](CO)[C@H](O)[C@H]4O)O[C@@H]3O)O[C@@H](CO[C@@H]3O[C@@H](CO)[C@H](O)[C@H]3O)[C@@H]2O)[C@H](O)[C@H]1O. The van der Waals surface area contributed by atoms with E-state index in [4.69, 9.17) is 52.1 Å². The van der Waals surface area contributed by atoms with Crippen LogP contribution >= 0.6 is 0 Å². The quantitative estimate of drug-likeness (QED) is 0.0646. The average molecular weight is 841 g/mol. The highest BCUT2D eigenvalue weighted by molar-refractivity contribution is 4.98. The molecule has 6 fully saturated rings. The van der Waals surface area contributed by atoms with E-state index in [1.165, 1.54) is 0 Å². The van der Waals surface area contributed by atoms with Gasteiger partial charge in [-0.15, -0.1) is 0 Å². The number of aliphatic hydroxyl groups excluding tert-OH is 15. The fourth-order valence-electron chi connectivity index (χ4n) is 7.28. The molecule has 6 saturated heterocycles. The highest BCUT2D eigenvalue weighted by atomic mass is 16.8. The summed E-state index contributed by atoms with van der Waals surface area (Å²) in [5.74, 6) is 0. The Morgan fingerprint density at radius 1 is 0.386 bits per heavy atom. The van der Waals surface area contributed by atoms with Gasteiger partial charge < -0.3 is 129 Å². The van der Waals surface area contributed by atoms with Crippen molar-refractivity contribution < 1.29 is 129 Å². The Labute approximate surface area is 322 Å². The Kier molecular flexibility index (Phi) is 15.4. The fraction of sp³-hybridized carbons (Fsp3) is 1.00. The molecule has 6 aliphatic heterocycles. The molecule has 0 aromatic carbocycles. The molecule has 0 saturated carbocycles. The molecular weight excluding hydrogens is 788 g/mol. The molecule has 25 atom stereocenters. The van der Waals surface area contributed by atoms with Gasteiger partial charge in [-0.3, -0.25) is 0 Å². The van der Waals surface area contributed by atoms with Crippen LogP contribution in [-0.4, -0.2) is 270 Å². The second-order valence-corrected chi connectivity index (χ2v) is 14.4. The van der Waals surface area contributed by atoms with Crippen molar-refractivity contribution in [2.45, 2.75) is 154 Å². The summed E-state index contributed by atoms with van der Waals surface area (Å²) in [6, 6.07) is 0. The Bertz CT molecular complexity index is 1260. The van der Waals surface area contributed by atoms with Gasteiger partial charge in [0, 0.05) is 0 Å². The third-order valence-electron chi connectivity index (χ3n) is 10.6. The monoisotopic (exact) mass is 840 g/mol. The lowest BCUT2D eigenvalue weighted by Gasteiger charge is -2.31. The minimum atomic E-state index is -1.97. The third-order valence-corrected chi connectivity index (χ3v) is 10.6. The Morgan fingerprint density at radius 3 is 1.32 bits per heavy atom. The van der Waals surface area contributed by atoms with Crippen molar-refractivity contribution in [1.29, 1.82) is 0 Å². The molecule has 0 aliphatic carbocycles. The van der Waals surface area contributed by atoms with Crippen molar-refractivity contribution >= 4 is 0 Å². The lowest BCUT2D eigenvalue weighted by atomic mass is 10.1. The molecule has 0 aromatic heterocycles. The molecule has 0 aromatic rings. The van der Waals surface area contributed by atoms with Crippen LogP contribution in [0.4, 0.5) is 0 Å². The molecule has 332 valence electrons. The van der Waals surface area contributed by atoms with Gasteiger partial charge in [-0.05, 0) is 0 Å². The van der Waals surface area contributed by atoms with Crippen molar-refractivity contribution in [2.24, 2.45) is 0 Å². The van der Waals surface area contributed by atoms with E-state index >= 15 is 0 Å². The van der Waals surface area contributed by atoms with Crippen molar-refractivity contribution in [3.05, 3.63) is 0 Å². The highest BCUT2D eigenvalue weighted by Crippen LogP contribution is 2.37. The van der Waals surface area contributed by atoms with Gasteiger partial charge in [0.25, 0.3) is 0 Å². The molecule has 0 amide bonds. The molecule has 0 unspecified atom stereocenters. The first-order chi connectivity index (χ1) is 27.1. The molecule has 0 bridgehead atoms. The maximum absolute atomic E-state index is 11.4. The van der Waals surface area contributed by atoms with Crippen molar-refractivity contribution in [1.82, 2.24) is 0 Å². The van der Waals surface area contributed by atoms with Crippen LogP contribution in [0.2, 0.25) is 0 Å². The summed E-state index contributed by atoms with van der Waals surface area (Å²) in [5.41, 5.74) is 0. The van der Waals surface area contributed by atoms with E-state index < -0.39 is 193 Å². The zero-order valence-corrected chi connectivity index (χ0v) is 29.9. The summed E-state index contributed by atoms with van der Waals surface area (Å²) in [6.07, 6.45) is -40.4. The molecule has 15 N–H and O–H groups in total. The molecule has 6 heterocycles. The summed E-state index contributed by atoms with van der Waals surface area (Å²) in [6.45, 7) is -4.18. The van der Waals surface area contributed by atoms with Crippen molar-refractivity contribution in [3.8, 4) is 0 Å². The van der Waals surface area contributed by atoms with Gasteiger partial charge in [-0.2, -0.15) is 0 Å². The van der Waals surface area contributed by atoms with Gasteiger partial charge in [-0.25, -0.2) is 0 Å². The van der Waals surface area contributed by atoms with Crippen molar-refractivity contribution in [3.63, 3.8) is 0 Å². The van der Waals surface area contributed by atoms with Crippen molar-refractivity contribution in [2.75, 3.05) is 39.6 Å². The zero-order chi connectivity index (χ0) is 41.5. The number of rotatable bonds is 17. The number of aliphatic hydroxyl groups is 15. The van der Waals surface area contributed by atoms with E-state index in [0.717, 1.165) is 0 Å². The standard InChI is InChI=1S/C31H52O26/c32-1-7(36)22-17(41)21(45)30(54-22)56-24-16(40)11(5-47-27-18(42)13(37)8(2-33)50-27)53-31(24)57-25-23(55-29-20(44)15(39)10(4-35)52-29)12(49-26(25)46)6-48-28-19(43)14(38)9(3-34)51-28/h7-46H,1-6H2/t7-,8+,9+,10+,11+,12+,13+,14+,15+,16+,17-,18-,19-,20-,21-,22+,23+,24-,25-,26+,27-,28-,29+,30+,31-/m1/s1. The van der Waals surface area contributed by atoms with Crippen LogP contribution in [0.25, 0.3) is 0 Å². The lowest BCUT2D eigenvalue weighted by molar-refractivity contribution is -0.285. The molecular formula is C31H52O26. The van der Waals surface area contributed by atoms with Gasteiger partial charge in [0.05, 0.1) is 39.6 Å². The van der Waals surface area contributed by atoms with Gasteiger partial charge in [0.1, 0.15) is 116 Å². The van der Waals surface area contributed by atoms with E-state index in [1.807, 2.05) is 0 Å². The molecule has 6 aliphatic rings. The minimum Gasteiger partial charge on any atom is -0.394 e. The first-order valence-corrected chi connectivity index (χ1v) is 18.2. The van der Waals surface area contributed by atoms with Crippen LogP contribution in [0.3, 0.4) is 0 Å².